The minimum Gasteiger partial charge on any atom is -0.325 e. The number of nitriles is 1. The van der Waals surface area contributed by atoms with Gasteiger partial charge in [0.05, 0.1) is 28.2 Å². The first-order chi connectivity index (χ1) is 17.8. The second-order valence-electron chi connectivity index (χ2n) is 7.38. The molecule has 4 rings (SSSR count). The van der Waals surface area contributed by atoms with Crippen LogP contribution in [-0.4, -0.2) is 19.9 Å². The van der Waals surface area contributed by atoms with Gasteiger partial charge in [0.2, 0.25) is 0 Å². The second kappa shape index (κ2) is 11.3. The Kier molecular flexibility index (Phi) is 8.32. The maximum Gasteiger partial charge on any atom is 0.416 e. The number of rotatable bonds is 3. The standard InChI is InChI=1S/C12H9F4N3.C12H5F4N3/c2*13-10-3-7(12(14,15)16)1-2-9(10)11-4-8(5-17)18-6-19-11/h1-4,6H,5,17H2;1-4,6H. The van der Waals surface area contributed by atoms with Crippen LogP contribution in [0.25, 0.3) is 22.5 Å². The molecule has 196 valence electrons. The van der Waals surface area contributed by atoms with Gasteiger partial charge in [-0.15, -0.1) is 0 Å². The molecule has 0 aliphatic rings. The molecule has 0 spiro atoms. The van der Waals surface area contributed by atoms with Crippen LogP contribution in [0, 0.1) is 23.0 Å². The smallest absolute Gasteiger partial charge is 0.325 e. The van der Waals surface area contributed by atoms with Crippen LogP contribution < -0.4 is 5.73 Å². The summed E-state index contributed by atoms with van der Waals surface area (Å²) in [4.78, 5) is 15.0. The highest BCUT2D eigenvalue weighted by Gasteiger charge is 2.32. The Bertz CT molecular complexity index is 1480. The number of nitrogens with zero attached hydrogens (tertiary/aromatic N) is 5. The number of aromatic nitrogens is 4. The van der Waals surface area contributed by atoms with E-state index in [1.54, 1.807) is 6.07 Å². The molecule has 0 unspecified atom stereocenters. The zero-order valence-electron chi connectivity index (χ0n) is 18.8. The monoisotopic (exact) mass is 538 g/mol. The van der Waals surface area contributed by atoms with E-state index in [9.17, 15) is 35.1 Å². The molecule has 0 fully saturated rings. The molecule has 0 amide bonds. The molecular weight excluding hydrogens is 524 g/mol. The van der Waals surface area contributed by atoms with Crippen LogP contribution >= 0.6 is 0 Å². The molecule has 0 saturated heterocycles. The van der Waals surface area contributed by atoms with Gasteiger partial charge in [-0.25, -0.2) is 28.7 Å². The summed E-state index contributed by atoms with van der Waals surface area (Å²) >= 11 is 0. The summed E-state index contributed by atoms with van der Waals surface area (Å²) in [5.74, 6) is -2.05. The molecule has 2 aromatic carbocycles. The van der Waals surface area contributed by atoms with Crippen LogP contribution in [0.3, 0.4) is 0 Å². The number of halogens is 8. The number of nitrogens with two attached hydrogens (primary N) is 1. The average molecular weight is 538 g/mol. The lowest BCUT2D eigenvalue weighted by Crippen LogP contribution is -2.06. The van der Waals surface area contributed by atoms with Crippen molar-refractivity contribution in [1.29, 1.82) is 5.26 Å². The third-order valence-electron chi connectivity index (χ3n) is 4.86. The first-order valence-electron chi connectivity index (χ1n) is 10.3. The number of hydrogen-bond acceptors (Lipinski definition) is 6. The highest BCUT2D eigenvalue weighted by Crippen LogP contribution is 2.33. The van der Waals surface area contributed by atoms with Crippen molar-refractivity contribution < 1.29 is 35.1 Å². The average Bonchev–Trinajstić information content (AvgIpc) is 2.88. The topological polar surface area (TPSA) is 101 Å². The van der Waals surface area contributed by atoms with Gasteiger partial charge in [0, 0.05) is 23.7 Å². The molecule has 0 atom stereocenters. The Morgan fingerprint density at radius 1 is 0.684 bits per heavy atom. The highest BCUT2D eigenvalue weighted by molar-refractivity contribution is 5.62. The van der Waals surface area contributed by atoms with E-state index >= 15 is 0 Å². The lowest BCUT2D eigenvalue weighted by molar-refractivity contribution is -0.138. The van der Waals surface area contributed by atoms with Crippen molar-refractivity contribution in [2.75, 3.05) is 0 Å². The molecule has 2 aromatic heterocycles. The zero-order valence-corrected chi connectivity index (χ0v) is 18.8. The van der Waals surface area contributed by atoms with Crippen molar-refractivity contribution >= 4 is 0 Å². The van der Waals surface area contributed by atoms with Gasteiger partial charge >= 0.3 is 12.4 Å². The second-order valence-corrected chi connectivity index (χ2v) is 7.38. The van der Waals surface area contributed by atoms with E-state index in [1.165, 1.54) is 18.5 Å². The summed E-state index contributed by atoms with van der Waals surface area (Å²) in [5.41, 5.74) is 3.85. The first-order valence-corrected chi connectivity index (χ1v) is 10.3. The van der Waals surface area contributed by atoms with Crippen molar-refractivity contribution in [3.63, 3.8) is 0 Å². The summed E-state index contributed by atoms with van der Waals surface area (Å²) in [6.45, 7) is 0.137. The fraction of sp³-hybridized carbons (Fsp3) is 0.125. The Labute approximate surface area is 209 Å². The Balaban J connectivity index is 0.000000211. The quantitative estimate of drug-likeness (QED) is 0.325. The third kappa shape index (κ3) is 6.83. The van der Waals surface area contributed by atoms with E-state index in [0.717, 1.165) is 30.6 Å². The van der Waals surface area contributed by atoms with Gasteiger partial charge in [0.25, 0.3) is 0 Å². The summed E-state index contributed by atoms with van der Waals surface area (Å²) in [7, 11) is 0. The Hall–Kier alpha value is -4.51. The lowest BCUT2D eigenvalue weighted by Gasteiger charge is -2.09. The predicted octanol–water partition coefficient (Wildman–Crippen LogP) is 5.93. The molecule has 6 nitrogen and oxygen atoms in total. The molecule has 4 aromatic rings. The summed E-state index contributed by atoms with van der Waals surface area (Å²) < 4.78 is 102. The fourth-order valence-corrected chi connectivity index (χ4v) is 3.02. The highest BCUT2D eigenvalue weighted by atomic mass is 19.4. The summed E-state index contributed by atoms with van der Waals surface area (Å²) in [6, 6.07) is 8.79. The molecule has 0 saturated carbocycles. The Morgan fingerprint density at radius 2 is 1.16 bits per heavy atom. The van der Waals surface area contributed by atoms with Gasteiger partial charge in [0.1, 0.15) is 36.1 Å². The summed E-state index contributed by atoms with van der Waals surface area (Å²) in [5, 5.41) is 8.65. The van der Waals surface area contributed by atoms with Crippen molar-refractivity contribution in [3.05, 3.63) is 95.3 Å². The van der Waals surface area contributed by atoms with Gasteiger partial charge in [-0.2, -0.15) is 31.6 Å². The van der Waals surface area contributed by atoms with Crippen LogP contribution in [0.5, 0.6) is 0 Å². The van der Waals surface area contributed by atoms with Crippen LogP contribution in [0.1, 0.15) is 22.5 Å². The van der Waals surface area contributed by atoms with Crippen molar-refractivity contribution in [3.8, 4) is 28.6 Å². The van der Waals surface area contributed by atoms with Gasteiger partial charge in [-0.05, 0) is 42.5 Å². The van der Waals surface area contributed by atoms with E-state index in [-0.39, 0.29) is 34.8 Å². The molecule has 38 heavy (non-hydrogen) atoms. The van der Waals surface area contributed by atoms with Crippen molar-refractivity contribution in [2.45, 2.75) is 18.9 Å². The molecule has 2 N–H and O–H groups in total. The normalized spacial score (nSPS) is 11.4. The van der Waals surface area contributed by atoms with Gasteiger partial charge in [-0.1, -0.05) is 0 Å². The maximum absolute atomic E-state index is 13.7. The third-order valence-corrected chi connectivity index (χ3v) is 4.86. The van der Waals surface area contributed by atoms with Crippen molar-refractivity contribution in [1.82, 2.24) is 19.9 Å². The SMILES string of the molecule is N#Cc1cc(-c2ccc(C(F)(F)F)cc2F)ncn1.NCc1cc(-c2ccc(C(F)(F)F)cc2F)ncn1. The van der Waals surface area contributed by atoms with E-state index in [1.807, 2.05) is 0 Å². The molecule has 0 aliphatic carbocycles. The first kappa shape index (κ1) is 28.1. The summed E-state index contributed by atoms with van der Waals surface area (Å²) in [6.07, 6.45) is -6.95. The van der Waals surface area contributed by atoms with Crippen LogP contribution in [0.15, 0.2) is 61.2 Å². The number of hydrogen-bond donors (Lipinski definition) is 1. The minimum absolute atomic E-state index is 0.00398. The minimum atomic E-state index is -4.61. The molecule has 14 heteroatoms. The van der Waals surface area contributed by atoms with Gasteiger partial charge < -0.3 is 5.73 Å². The lowest BCUT2D eigenvalue weighted by atomic mass is 10.1. The predicted molar refractivity (Wildman–Crippen MR) is 117 cm³/mol. The van der Waals surface area contributed by atoms with E-state index in [4.69, 9.17) is 11.0 Å². The van der Waals surface area contributed by atoms with Gasteiger partial charge in [0.15, 0.2) is 0 Å². The number of alkyl halides is 6. The number of benzene rings is 2. The van der Waals surface area contributed by atoms with Crippen LogP contribution in [0.4, 0.5) is 35.1 Å². The van der Waals surface area contributed by atoms with Crippen molar-refractivity contribution in [2.24, 2.45) is 5.73 Å². The molecule has 2 heterocycles. The van der Waals surface area contributed by atoms with Crippen LogP contribution in [0.2, 0.25) is 0 Å². The van der Waals surface area contributed by atoms with E-state index in [2.05, 4.69) is 19.9 Å². The maximum atomic E-state index is 13.7. The molecule has 0 radical (unpaired) electrons. The Morgan fingerprint density at radius 3 is 1.58 bits per heavy atom. The molecule has 0 aliphatic heterocycles. The fourth-order valence-electron chi connectivity index (χ4n) is 3.02. The van der Waals surface area contributed by atoms with Gasteiger partial charge in [-0.3, -0.25) is 0 Å². The van der Waals surface area contributed by atoms with E-state index < -0.39 is 35.1 Å². The van der Waals surface area contributed by atoms with Crippen LogP contribution in [-0.2, 0) is 18.9 Å². The molecule has 0 bridgehead atoms. The largest absolute Gasteiger partial charge is 0.416 e. The zero-order chi connectivity index (χ0) is 28.1. The van der Waals surface area contributed by atoms with E-state index in [0.29, 0.717) is 17.8 Å². The molecular formula is C24H14F8N6.